The van der Waals surface area contributed by atoms with Gasteiger partial charge in [-0.2, -0.15) is 0 Å². The summed E-state index contributed by atoms with van der Waals surface area (Å²) in [6.45, 7) is 0.941. The number of carbonyl (C=O) groups excluding carboxylic acids is 2. The van der Waals surface area contributed by atoms with Gasteiger partial charge in [-0.25, -0.2) is 19.2 Å². The molecule has 2 unspecified atom stereocenters. The first-order valence-corrected chi connectivity index (χ1v) is 8.40. The molecule has 0 saturated heterocycles. The van der Waals surface area contributed by atoms with Crippen LogP contribution in [-0.2, 0) is 9.53 Å². The molecule has 0 aliphatic rings. The summed E-state index contributed by atoms with van der Waals surface area (Å²) in [4.78, 5) is 28.0. The molecule has 1 aromatic carbocycles. The molecule has 0 aliphatic heterocycles. The van der Waals surface area contributed by atoms with Gasteiger partial charge in [0.2, 0.25) is 0 Å². The van der Waals surface area contributed by atoms with Crippen LogP contribution in [0.1, 0.15) is 28.6 Å². The van der Waals surface area contributed by atoms with Crippen LogP contribution in [0, 0.1) is 23.7 Å². The zero-order valence-corrected chi connectivity index (χ0v) is 15.9. The van der Waals surface area contributed by atoms with E-state index in [1.807, 2.05) is 0 Å². The number of hydrogen-bond acceptors (Lipinski definition) is 6. The monoisotopic (exact) mass is 417 g/mol. The van der Waals surface area contributed by atoms with E-state index in [0.29, 0.717) is 11.3 Å². The molecule has 8 nitrogen and oxygen atoms in total. The molecule has 0 fully saturated rings. The Bertz CT molecular complexity index is 1000. The lowest BCUT2D eigenvalue weighted by Crippen LogP contribution is -2.62. The van der Waals surface area contributed by atoms with Gasteiger partial charge in [0.25, 0.3) is 18.2 Å². The smallest absolute Gasteiger partial charge is 0.269 e. The van der Waals surface area contributed by atoms with Crippen LogP contribution >= 0.6 is 0 Å². The van der Waals surface area contributed by atoms with Gasteiger partial charge >= 0.3 is 0 Å². The highest BCUT2D eigenvalue weighted by atomic mass is 19.3. The Kier molecular flexibility index (Phi) is 7.64. The molecule has 1 aromatic heterocycles. The molecule has 1 heterocycles. The van der Waals surface area contributed by atoms with Gasteiger partial charge < -0.3 is 14.5 Å². The molecule has 0 spiro atoms. The molecule has 0 aliphatic carbocycles. The maximum Gasteiger partial charge on any atom is 0.269 e. The van der Waals surface area contributed by atoms with Crippen molar-refractivity contribution < 1.29 is 32.7 Å². The first-order valence-electron chi connectivity index (χ1n) is 8.40. The average Bonchev–Trinajstić information content (AvgIpc) is 3.27. The highest BCUT2D eigenvalue weighted by molar-refractivity contribution is 5.97. The Balaban J connectivity index is 2.13. The van der Waals surface area contributed by atoms with Crippen molar-refractivity contribution in [3.05, 3.63) is 53.7 Å². The third-order valence-electron chi connectivity index (χ3n) is 4.13. The van der Waals surface area contributed by atoms with E-state index in [4.69, 9.17) is 14.4 Å². The van der Waals surface area contributed by atoms with Crippen LogP contribution in [0.15, 0.2) is 41.3 Å². The van der Waals surface area contributed by atoms with Crippen molar-refractivity contribution in [2.45, 2.75) is 25.0 Å². The predicted molar refractivity (Wildman–Crippen MR) is 99.3 cm³/mol. The van der Waals surface area contributed by atoms with E-state index in [0.717, 1.165) is 14.0 Å². The van der Waals surface area contributed by atoms with Crippen molar-refractivity contribution in [2.24, 2.45) is 0 Å². The van der Waals surface area contributed by atoms with Gasteiger partial charge in [0, 0.05) is 18.2 Å². The third-order valence-corrected chi connectivity index (χ3v) is 4.13. The van der Waals surface area contributed by atoms with Crippen LogP contribution in [0.2, 0.25) is 0 Å². The lowest BCUT2D eigenvalue weighted by molar-refractivity contribution is -0.157. The fourth-order valence-electron chi connectivity index (χ4n) is 2.26. The fraction of sp³-hybridized carbons (Fsp3) is 0.250. The highest BCUT2D eigenvalue weighted by Crippen LogP contribution is 2.24. The van der Waals surface area contributed by atoms with Gasteiger partial charge in [-0.05, 0) is 49.0 Å². The maximum atomic E-state index is 13.4. The Morgan fingerprint density at radius 1 is 1.23 bits per heavy atom. The quantitative estimate of drug-likeness (QED) is 0.372. The van der Waals surface area contributed by atoms with Crippen LogP contribution < -0.4 is 10.8 Å². The van der Waals surface area contributed by atoms with Gasteiger partial charge in [0.1, 0.15) is 6.04 Å². The van der Waals surface area contributed by atoms with Crippen molar-refractivity contribution in [2.75, 3.05) is 7.11 Å². The number of hydroxylamine groups is 1. The number of alkyl halides is 2. The second-order valence-electron chi connectivity index (χ2n) is 6.01. The second kappa shape index (κ2) is 10.2. The van der Waals surface area contributed by atoms with E-state index in [1.54, 1.807) is 0 Å². The number of rotatable bonds is 6. The summed E-state index contributed by atoms with van der Waals surface area (Å²) in [6.07, 6.45) is -0.442. The number of benzene rings is 1. The van der Waals surface area contributed by atoms with Gasteiger partial charge in [-0.15, -0.1) is 0 Å². The molecule has 3 N–H and O–H groups in total. The first kappa shape index (κ1) is 22.6. The molecule has 2 aromatic rings. The number of aromatic nitrogens is 1. The third kappa shape index (κ3) is 5.41. The fourth-order valence-corrected chi connectivity index (χ4v) is 2.26. The minimum atomic E-state index is -3.12. The van der Waals surface area contributed by atoms with Crippen LogP contribution in [0.5, 0.6) is 0 Å². The molecule has 2 atom stereocenters. The minimum Gasteiger partial charge on any atom is -0.435 e. The summed E-state index contributed by atoms with van der Waals surface area (Å²) in [6, 6.07) is 3.96. The van der Waals surface area contributed by atoms with Gasteiger partial charge in [0.15, 0.2) is 17.8 Å². The Morgan fingerprint density at radius 3 is 2.43 bits per heavy atom. The van der Waals surface area contributed by atoms with E-state index in [9.17, 15) is 18.4 Å². The number of halogens is 2. The number of amides is 2. The van der Waals surface area contributed by atoms with Crippen molar-refractivity contribution in [1.29, 1.82) is 0 Å². The highest BCUT2D eigenvalue weighted by Gasteiger charge is 2.48. The topological polar surface area (TPSA) is 114 Å². The predicted octanol–water partition coefficient (Wildman–Crippen LogP) is 1.35. The van der Waals surface area contributed by atoms with Crippen molar-refractivity contribution in [3.8, 4) is 23.7 Å². The van der Waals surface area contributed by atoms with Crippen LogP contribution in [0.3, 0.4) is 0 Å². The SMILES string of the molecule is COC(C)(C(F)F)C(NC(=O)c1ccc(C#CC#Cc2cnco2)cc1)C(=O)NO. The number of carbonyl (C=O) groups is 2. The van der Waals surface area contributed by atoms with Crippen molar-refractivity contribution >= 4 is 11.8 Å². The van der Waals surface area contributed by atoms with E-state index >= 15 is 0 Å². The number of nitrogens with one attached hydrogen (secondary N) is 2. The summed E-state index contributed by atoms with van der Waals surface area (Å²) < 4.78 is 36.5. The molecule has 0 radical (unpaired) electrons. The molecule has 2 rings (SSSR count). The number of oxazole rings is 1. The number of ether oxygens (including phenoxy) is 1. The lowest BCUT2D eigenvalue weighted by atomic mass is 9.95. The lowest BCUT2D eigenvalue weighted by Gasteiger charge is -2.34. The normalized spacial score (nSPS) is 13.1. The summed E-state index contributed by atoms with van der Waals surface area (Å²) in [5.74, 6) is 8.87. The molecule has 30 heavy (non-hydrogen) atoms. The van der Waals surface area contributed by atoms with Gasteiger partial charge in [-0.3, -0.25) is 14.8 Å². The molecule has 156 valence electrons. The van der Waals surface area contributed by atoms with E-state index in [1.165, 1.54) is 42.3 Å². The molecular weight excluding hydrogens is 400 g/mol. The first-order chi connectivity index (χ1) is 14.3. The van der Waals surface area contributed by atoms with Gasteiger partial charge in [0.05, 0.1) is 6.20 Å². The molecule has 0 bridgehead atoms. The van der Waals surface area contributed by atoms with Crippen LogP contribution in [0.4, 0.5) is 8.78 Å². The zero-order chi connectivity index (χ0) is 22.1. The van der Waals surface area contributed by atoms with Gasteiger partial charge in [-0.1, -0.05) is 5.92 Å². The van der Waals surface area contributed by atoms with Crippen molar-refractivity contribution in [1.82, 2.24) is 15.8 Å². The molecular formula is C20H17F2N3O5. The molecule has 10 heteroatoms. The maximum absolute atomic E-state index is 13.4. The van der Waals surface area contributed by atoms with E-state index < -0.39 is 29.9 Å². The molecule has 0 saturated carbocycles. The standard InChI is InChI=1S/C20H17F2N3O5/c1-20(29-2,19(21)22)16(18(27)25-28)24-17(26)14-9-7-13(8-10-14)5-3-4-6-15-11-23-12-30-15/h7-12,16,19,28H,1-2H3,(H,24,26)(H,25,27). The van der Waals surface area contributed by atoms with Crippen molar-refractivity contribution in [3.63, 3.8) is 0 Å². The molecule has 2 amide bonds. The minimum absolute atomic E-state index is 0.0803. The Labute approximate surface area is 170 Å². The summed E-state index contributed by atoms with van der Waals surface area (Å²) in [5, 5.41) is 11.0. The summed E-state index contributed by atoms with van der Waals surface area (Å²) in [5.41, 5.74) is -0.490. The number of hydrogen-bond donors (Lipinski definition) is 3. The zero-order valence-electron chi connectivity index (χ0n) is 15.9. The summed E-state index contributed by atoms with van der Waals surface area (Å²) in [7, 11) is 0.967. The largest absolute Gasteiger partial charge is 0.435 e. The van der Waals surface area contributed by atoms with E-state index in [2.05, 4.69) is 34.0 Å². The Hall–Kier alpha value is -3.73. The number of nitrogens with zero attached hydrogens (tertiary/aromatic N) is 1. The Morgan fingerprint density at radius 2 is 1.90 bits per heavy atom. The second-order valence-corrected chi connectivity index (χ2v) is 6.01. The van der Waals surface area contributed by atoms with Crippen LogP contribution in [-0.4, -0.2) is 47.2 Å². The number of methoxy groups -OCH3 is 1. The summed E-state index contributed by atoms with van der Waals surface area (Å²) >= 11 is 0. The van der Waals surface area contributed by atoms with Crippen LogP contribution in [0.25, 0.3) is 0 Å². The average molecular weight is 417 g/mol. The van der Waals surface area contributed by atoms with E-state index in [-0.39, 0.29) is 5.56 Å².